The fraction of sp³-hybridized carbons (Fsp3) is 0.647. The van der Waals surface area contributed by atoms with Gasteiger partial charge >= 0.3 is 0 Å². The largest absolute Gasteiger partial charge is 0.497 e. The van der Waals surface area contributed by atoms with Crippen LogP contribution >= 0.6 is 0 Å². The highest BCUT2D eigenvalue weighted by molar-refractivity contribution is 5.49. The molecule has 4 nitrogen and oxygen atoms in total. The molecule has 1 unspecified atom stereocenters. The van der Waals surface area contributed by atoms with Gasteiger partial charge in [0.05, 0.1) is 7.11 Å². The molecule has 0 spiro atoms. The first-order valence-corrected chi connectivity index (χ1v) is 8.20. The van der Waals surface area contributed by atoms with Gasteiger partial charge in [0.2, 0.25) is 0 Å². The molecule has 3 rings (SSSR count). The minimum Gasteiger partial charge on any atom is -0.497 e. The summed E-state index contributed by atoms with van der Waals surface area (Å²) in [6.07, 6.45) is 4.06. The number of hydrogen-bond acceptors (Lipinski definition) is 4. The maximum Gasteiger partial charge on any atom is 0.119 e. The van der Waals surface area contributed by atoms with Crippen LogP contribution in [0.1, 0.15) is 19.3 Å². The van der Waals surface area contributed by atoms with Gasteiger partial charge in [0, 0.05) is 44.5 Å². The first-order chi connectivity index (χ1) is 10.4. The Morgan fingerprint density at radius 3 is 2.52 bits per heavy atom. The standard InChI is InChI=1S/C17H27N3O/c1-21-17-7-5-15(6-8-17)19-10-12-20(13-11-19)16-4-2-3-9-18-14-16/h5-8,16,18H,2-4,9-14H2,1H3. The van der Waals surface area contributed by atoms with E-state index < -0.39 is 0 Å². The second-order valence-corrected chi connectivity index (χ2v) is 6.07. The van der Waals surface area contributed by atoms with Crippen molar-refractivity contribution >= 4 is 5.69 Å². The lowest BCUT2D eigenvalue weighted by atomic mass is 10.1. The molecule has 0 radical (unpaired) electrons. The van der Waals surface area contributed by atoms with E-state index in [4.69, 9.17) is 4.74 Å². The van der Waals surface area contributed by atoms with Crippen molar-refractivity contribution in [3.63, 3.8) is 0 Å². The van der Waals surface area contributed by atoms with E-state index in [2.05, 4.69) is 39.4 Å². The second-order valence-electron chi connectivity index (χ2n) is 6.07. The van der Waals surface area contributed by atoms with Gasteiger partial charge in [-0.2, -0.15) is 0 Å². The van der Waals surface area contributed by atoms with Crippen LogP contribution < -0.4 is 15.0 Å². The number of benzene rings is 1. The number of hydrogen-bond donors (Lipinski definition) is 1. The molecule has 2 aliphatic heterocycles. The van der Waals surface area contributed by atoms with Crippen LogP contribution in [-0.4, -0.2) is 57.3 Å². The molecule has 0 saturated carbocycles. The zero-order valence-corrected chi connectivity index (χ0v) is 13.1. The summed E-state index contributed by atoms with van der Waals surface area (Å²) >= 11 is 0. The maximum atomic E-state index is 5.23. The van der Waals surface area contributed by atoms with Gasteiger partial charge in [0.1, 0.15) is 5.75 Å². The number of nitrogens with zero attached hydrogens (tertiary/aromatic N) is 2. The molecular weight excluding hydrogens is 262 g/mol. The summed E-state index contributed by atoms with van der Waals surface area (Å²) in [5.41, 5.74) is 1.31. The summed E-state index contributed by atoms with van der Waals surface area (Å²) in [5, 5.41) is 3.58. The van der Waals surface area contributed by atoms with Crippen molar-refractivity contribution in [2.45, 2.75) is 25.3 Å². The van der Waals surface area contributed by atoms with E-state index in [0.29, 0.717) is 0 Å². The molecular formula is C17H27N3O. The van der Waals surface area contributed by atoms with Crippen LogP contribution in [0.5, 0.6) is 5.75 Å². The molecule has 2 aliphatic rings. The highest BCUT2D eigenvalue weighted by Crippen LogP contribution is 2.22. The van der Waals surface area contributed by atoms with E-state index >= 15 is 0 Å². The smallest absolute Gasteiger partial charge is 0.119 e. The zero-order valence-electron chi connectivity index (χ0n) is 13.1. The Hall–Kier alpha value is -1.26. The van der Waals surface area contributed by atoms with Gasteiger partial charge in [-0.25, -0.2) is 0 Å². The highest BCUT2D eigenvalue weighted by Gasteiger charge is 2.24. The Morgan fingerprint density at radius 2 is 1.81 bits per heavy atom. The van der Waals surface area contributed by atoms with Crippen LogP contribution in [0.3, 0.4) is 0 Å². The monoisotopic (exact) mass is 289 g/mol. The van der Waals surface area contributed by atoms with Crippen LogP contribution in [0.4, 0.5) is 5.69 Å². The van der Waals surface area contributed by atoms with E-state index in [1.807, 2.05) is 0 Å². The van der Waals surface area contributed by atoms with Gasteiger partial charge in [0.15, 0.2) is 0 Å². The molecule has 21 heavy (non-hydrogen) atoms. The molecule has 1 aromatic carbocycles. The summed E-state index contributed by atoms with van der Waals surface area (Å²) in [7, 11) is 1.72. The molecule has 1 atom stereocenters. The Bertz CT molecular complexity index is 418. The predicted octanol–water partition coefficient (Wildman–Crippen LogP) is 1.96. The van der Waals surface area contributed by atoms with Crippen molar-refractivity contribution in [1.29, 1.82) is 0 Å². The lowest BCUT2D eigenvalue weighted by Crippen LogP contribution is -2.52. The summed E-state index contributed by atoms with van der Waals surface area (Å²) in [4.78, 5) is 5.17. The minimum absolute atomic E-state index is 0.741. The quantitative estimate of drug-likeness (QED) is 0.920. The molecule has 4 heteroatoms. The number of rotatable bonds is 3. The topological polar surface area (TPSA) is 27.7 Å². The van der Waals surface area contributed by atoms with Crippen LogP contribution in [0, 0.1) is 0 Å². The molecule has 2 fully saturated rings. The predicted molar refractivity (Wildman–Crippen MR) is 87.3 cm³/mol. The maximum absolute atomic E-state index is 5.23. The van der Waals surface area contributed by atoms with E-state index in [1.54, 1.807) is 7.11 Å². The van der Waals surface area contributed by atoms with Gasteiger partial charge in [-0.3, -0.25) is 4.90 Å². The normalized spacial score (nSPS) is 24.6. The molecule has 0 aromatic heterocycles. The third kappa shape index (κ3) is 3.69. The summed E-state index contributed by atoms with van der Waals surface area (Å²) < 4.78 is 5.23. The number of methoxy groups -OCH3 is 1. The molecule has 116 valence electrons. The van der Waals surface area contributed by atoms with E-state index in [-0.39, 0.29) is 0 Å². The van der Waals surface area contributed by atoms with Crippen molar-refractivity contribution in [2.75, 3.05) is 51.3 Å². The van der Waals surface area contributed by atoms with Gasteiger partial charge in [-0.15, -0.1) is 0 Å². The van der Waals surface area contributed by atoms with Crippen molar-refractivity contribution in [3.05, 3.63) is 24.3 Å². The fourth-order valence-electron chi connectivity index (χ4n) is 3.45. The van der Waals surface area contributed by atoms with Gasteiger partial charge in [-0.05, 0) is 43.7 Å². The minimum atomic E-state index is 0.741. The molecule has 2 saturated heterocycles. The van der Waals surface area contributed by atoms with E-state index in [9.17, 15) is 0 Å². The third-order valence-electron chi connectivity index (χ3n) is 4.79. The van der Waals surface area contributed by atoms with Crippen molar-refractivity contribution < 1.29 is 4.74 Å². The SMILES string of the molecule is COc1ccc(N2CCN(C3CCCCNC3)CC2)cc1. The Kier molecular flexibility index (Phi) is 4.99. The van der Waals surface area contributed by atoms with Crippen LogP contribution in [0.2, 0.25) is 0 Å². The van der Waals surface area contributed by atoms with Crippen LogP contribution in [0.25, 0.3) is 0 Å². The first-order valence-electron chi connectivity index (χ1n) is 8.20. The summed E-state index contributed by atoms with van der Waals surface area (Å²) in [6.45, 7) is 6.98. The highest BCUT2D eigenvalue weighted by atomic mass is 16.5. The molecule has 0 aliphatic carbocycles. The van der Waals surface area contributed by atoms with Crippen molar-refractivity contribution in [1.82, 2.24) is 10.2 Å². The Labute approximate surface area is 128 Å². The van der Waals surface area contributed by atoms with E-state index in [0.717, 1.165) is 24.9 Å². The fourth-order valence-corrected chi connectivity index (χ4v) is 3.45. The third-order valence-corrected chi connectivity index (χ3v) is 4.79. The lowest BCUT2D eigenvalue weighted by molar-refractivity contribution is 0.177. The van der Waals surface area contributed by atoms with Crippen LogP contribution in [0.15, 0.2) is 24.3 Å². The zero-order chi connectivity index (χ0) is 14.5. The van der Waals surface area contributed by atoms with Gasteiger partial charge in [0.25, 0.3) is 0 Å². The lowest BCUT2D eigenvalue weighted by Gasteiger charge is -2.40. The number of nitrogens with one attached hydrogen (secondary N) is 1. The van der Waals surface area contributed by atoms with Gasteiger partial charge < -0.3 is 15.0 Å². The molecule has 0 bridgehead atoms. The number of piperazine rings is 1. The summed E-state index contributed by atoms with van der Waals surface area (Å²) in [6, 6.07) is 9.18. The Balaban J connectivity index is 1.54. The average Bonchev–Trinajstić information content (AvgIpc) is 2.84. The first kappa shape index (κ1) is 14.7. The second kappa shape index (κ2) is 7.14. The number of ether oxygens (including phenoxy) is 1. The van der Waals surface area contributed by atoms with Crippen molar-refractivity contribution in [2.24, 2.45) is 0 Å². The van der Waals surface area contributed by atoms with E-state index in [1.165, 1.54) is 51.1 Å². The molecule has 2 heterocycles. The van der Waals surface area contributed by atoms with Gasteiger partial charge in [-0.1, -0.05) is 6.42 Å². The Morgan fingerprint density at radius 1 is 1.05 bits per heavy atom. The molecule has 1 aromatic rings. The van der Waals surface area contributed by atoms with Crippen LogP contribution in [-0.2, 0) is 0 Å². The number of anilines is 1. The van der Waals surface area contributed by atoms with Crippen molar-refractivity contribution in [3.8, 4) is 5.75 Å². The average molecular weight is 289 g/mol. The summed E-state index contributed by atoms with van der Waals surface area (Å²) in [5.74, 6) is 0.932. The molecule has 1 N–H and O–H groups in total. The molecule has 0 amide bonds.